The van der Waals surface area contributed by atoms with Gasteiger partial charge in [-0.3, -0.25) is 0 Å². The lowest BCUT2D eigenvalue weighted by molar-refractivity contribution is -0.143. The Morgan fingerprint density at radius 1 is 1.41 bits per heavy atom. The third-order valence-electron chi connectivity index (χ3n) is 2.68. The van der Waals surface area contributed by atoms with Gasteiger partial charge in [0.1, 0.15) is 5.54 Å². The van der Waals surface area contributed by atoms with E-state index in [1.54, 1.807) is 14.0 Å². The van der Waals surface area contributed by atoms with Crippen LogP contribution in [0.3, 0.4) is 0 Å². The van der Waals surface area contributed by atoms with Crippen LogP contribution in [0.25, 0.3) is 0 Å². The molecule has 0 aliphatic rings. The number of rotatable bonds is 7. The molecule has 2 N–H and O–H groups in total. The summed E-state index contributed by atoms with van der Waals surface area (Å²) in [6.07, 6.45) is 0.327. The summed E-state index contributed by atoms with van der Waals surface area (Å²) in [4.78, 5) is 24.1. The molecule has 1 unspecified atom stereocenters. The maximum absolute atomic E-state index is 11.7. The average molecular weight is 246 g/mol. The van der Waals surface area contributed by atoms with Crippen LogP contribution in [-0.2, 0) is 9.53 Å². The van der Waals surface area contributed by atoms with Gasteiger partial charge in [0.15, 0.2) is 0 Å². The molecule has 0 saturated heterocycles. The van der Waals surface area contributed by atoms with E-state index in [1.165, 1.54) is 11.8 Å². The minimum Gasteiger partial charge on any atom is -0.480 e. The highest BCUT2D eigenvalue weighted by Gasteiger charge is 2.33. The molecule has 2 amide bonds. The van der Waals surface area contributed by atoms with Crippen molar-refractivity contribution in [2.24, 2.45) is 0 Å². The zero-order chi connectivity index (χ0) is 13.5. The molecule has 17 heavy (non-hydrogen) atoms. The molecule has 0 aliphatic carbocycles. The van der Waals surface area contributed by atoms with Crippen LogP contribution < -0.4 is 5.32 Å². The van der Waals surface area contributed by atoms with E-state index < -0.39 is 17.5 Å². The second-order valence-corrected chi connectivity index (χ2v) is 4.04. The topological polar surface area (TPSA) is 78.9 Å². The van der Waals surface area contributed by atoms with Crippen LogP contribution in [0, 0.1) is 0 Å². The van der Waals surface area contributed by atoms with Gasteiger partial charge >= 0.3 is 12.0 Å². The van der Waals surface area contributed by atoms with E-state index in [-0.39, 0.29) is 0 Å². The van der Waals surface area contributed by atoms with Gasteiger partial charge in [-0.05, 0) is 20.3 Å². The van der Waals surface area contributed by atoms with Gasteiger partial charge in [0.2, 0.25) is 0 Å². The first kappa shape index (κ1) is 15.7. The van der Waals surface area contributed by atoms with Gasteiger partial charge in [0.25, 0.3) is 0 Å². The zero-order valence-corrected chi connectivity index (χ0v) is 10.9. The fourth-order valence-electron chi connectivity index (χ4n) is 1.07. The normalized spacial score (nSPS) is 13.9. The molecule has 0 aliphatic heterocycles. The van der Waals surface area contributed by atoms with Gasteiger partial charge in [0, 0.05) is 20.2 Å². The standard InChI is InChI=1S/C11H22N2O4/c1-5-11(3,9(14)15)12-10(16)13(4)7-8-17-6-2/h5-8H2,1-4H3,(H,12,16)(H,14,15). The van der Waals surface area contributed by atoms with Crippen LogP contribution in [0.5, 0.6) is 0 Å². The zero-order valence-electron chi connectivity index (χ0n) is 10.9. The molecule has 0 aromatic heterocycles. The average Bonchev–Trinajstić information content (AvgIpc) is 2.28. The minimum absolute atomic E-state index is 0.327. The van der Waals surface area contributed by atoms with Crippen LogP contribution >= 0.6 is 0 Å². The Hall–Kier alpha value is -1.30. The molecular formula is C11H22N2O4. The second-order valence-electron chi connectivity index (χ2n) is 4.04. The molecule has 0 bridgehead atoms. The lowest BCUT2D eigenvalue weighted by Crippen LogP contribution is -2.55. The molecular weight excluding hydrogens is 224 g/mol. The molecule has 0 saturated carbocycles. The summed E-state index contributed by atoms with van der Waals surface area (Å²) in [7, 11) is 1.60. The number of ether oxygens (including phenoxy) is 1. The molecule has 0 spiro atoms. The third kappa shape index (κ3) is 5.04. The number of carboxylic acid groups (broad SMARTS) is 1. The Balaban J connectivity index is 4.27. The molecule has 1 atom stereocenters. The van der Waals surface area contributed by atoms with Gasteiger partial charge in [-0.25, -0.2) is 9.59 Å². The first-order valence-corrected chi connectivity index (χ1v) is 5.71. The summed E-state index contributed by atoms with van der Waals surface area (Å²) < 4.78 is 5.12. The van der Waals surface area contributed by atoms with Crippen molar-refractivity contribution < 1.29 is 19.4 Å². The quantitative estimate of drug-likeness (QED) is 0.655. The number of carbonyl (C=O) groups is 2. The number of amides is 2. The number of nitrogens with one attached hydrogen (secondary N) is 1. The SMILES string of the molecule is CCOCCN(C)C(=O)NC(C)(CC)C(=O)O. The smallest absolute Gasteiger partial charge is 0.329 e. The van der Waals surface area contributed by atoms with E-state index in [0.717, 1.165) is 0 Å². The van der Waals surface area contributed by atoms with Crippen molar-refractivity contribution in [3.63, 3.8) is 0 Å². The molecule has 0 aromatic rings. The van der Waals surface area contributed by atoms with Crippen molar-refractivity contribution >= 4 is 12.0 Å². The van der Waals surface area contributed by atoms with Crippen molar-refractivity contribution in [2.75, 3.05) is 26.8 Å². The molecule has 0 aromatic carbocycles. The van der Waals surface area contributed by atoms with Crippen molar-refractivity contribution in [3.05, 3.63) is 0 Å². The number of hydrogen-bond donors (Lipinski definition) is 2. The largest absolute Gasteiger partial charge is 0.480 e. The van der Waals surface area contributed by atoms with E-state index >= 15 is 0 Å². The lowest BCUT2D eigenvalue weighted by atomic mass is 10.00. The van der Waals surface area contributed by atoms with Gasteiger partial charge < -0.3 is 20.1 Å². The maximum atomic E-state index is 11.7. The summed E-state index contributed by atoms with van der Waals surface area (Å²) in [5.74, 6) is -1.04. The Bertz CT molecular complexity index is 270. The van der Waals surface area contributed by atoms with Crippen LogP contribution in [0.15, 0.2) is 0 Å². The van der Waals surface area contributed by atoms with Crippen LogP contribution in [0.1, 0.15) is 27.2 Å². The molecule has 0 fully saturated rings. The summed E-state index contributed by atoms with van der Waals surface area (Å²) in [5.41, 5.74) is -1.23. The summed E-state index contributed by atoms with van der Waals surface area (Å²) in [5, 5.41) is 11.5. The number of hydrogen-bond acceptors (Lipinski definition) is 3. The lowest BCUT2D eigenvalue weighted by Gasteiger charge is -2.28. The highest BCUT2D eigenvalue weighted by molar-refractivity contribution is 5.85. The van der Waals surface area contributed by atoms with Crippen molar-refractivity contribution in [3.8, 4) is 0 Å². The van der Waals surface area contributed by atoms with Gasteiger partial charge in [0.05, 0.1) is 6.61 Å². The Morgan fingerprint density at radius 3 is 2.41 bits per heavy atom. The first-order valence-electron chi connectivity index (χ1n) is 5.71. The predicted molar refractivity (Wildman–Crippen MR) is 64.0 cm³/mol. The number of nitrogens with zero attached hydrogens (tertiary/aromatic N) is 1. The number of carbonyl (C=O) groups excluding carboxylic acids is 1. The number of aliphatic carboxylic acids is 1. The van der Waals surface area contributed by atoms with E-state index in [4.69, 9.17) is 9.84 Å². The fraction of sp³-hybridized carbons (Fsp3) is 0.818. The Labute approximate surface area is 102 Å². The first-order chi connectivity index (χ1) is 7.87. The van der Waals surface area contributed by atoms with Crippen LogP contribution in [0.2, 0.25) is 0 Å². The van der Waals surface area contributed by atoms with E-state index in [1.807, 2.05) is 6.92 Å². The molecule has 0 radical (unpaired) electrons. The molecule has 0 rings (SSSR count). The molecule has 6 heteroatoms. The summed E-state index contributed by atoms with van der Waals surface area (Å²) >= 11 is 0. The van der Waals surface area contributed by atoms with Crippen LogP contribution in [-0.4, -0.2) is 54.4 Å². The molecule has 100 valence electrons. The van der Waals surface area contributed by atoms with E-state index in [9.17, 15) is 9.59 Å². The summed E-state index contributed by atoms with van der Waals surface area (Å²) in [6, 6.07) is -0.406. The fourth-order valence-corrected chi connectivity index (χ4v) is 1.07. The Kier molecular flexibility index (Phi) is 6.57. The van der Waals surface area contributed by atoms with Crippen molar-refractivity contribution in [2.45, 2.75) is 32.7 Å². The summed E-state index contributed by atoms with van der Waals surface area (Å²) in [6.45, 7) is 6.55. The highest BCUT2D eigenvalue weighted by atomic mass is 16.5. The monoisotopic (exact) mass is 246 g/mol. The van der Waals surface area contributed by atoms with Crippen molar-refractivity contribution in [1.29, 1.82) is 0 Å². The van der Waals surface area contributed by atoms with E-state index in [2.05, 4.69) is 5.32 Å². The second kappa shape index (κ2) is 7.11. The predicted octanol–water partition coefficient (Wildman–Crippen LogP) is 0.918. The molecule has 0 heterocycles. The van der Waals surface area contributed by atoms with Gasteiger partial charge in [-0.2, -0.15) is 0 Å². The van der Waals surface area contributed by atoms with Crippen molar-refractivity contribution in [1.82, 2.24) is 10.2 Å². The maximum Gasteiger partial charge on any atom is 0.329 e. The Morgan fingerprint density at radius 2 is 2.00 bits per heavy atom. The third-order valence-corrected chi connectivity index (χ3v) is 2.68. The van der Waals surface area contributed by atoms with E-state index in [0.29, 0.717) is 26.2 Å². The number of carboxylic acids is 1. The van der Waals surface area contributed by atoms with Gasteiger partial charge in [-0.1, -0.05) is 6.92 Å². The molecule has 6 nitrogen and oxygen atoms in total. The number of likely N-dealkylation sites (N-methyl/N-ethyl adjacent to an activating group) is 1. The minimum atomic E-state index is -1.23. The van der Waals surface area contributed by atoms with Gasteiger partial charge in [-0.15, -0.1) is 0 Å². The highest BCUT2D eigenvalue weighted by Crippen LogP contribution is 2.09. The van der Waals surface area contributed by atoms with Crippen LogP contribution in [0.4, 0.5) is 4.79 Å². The number of urea groups is 1.